The van der Waals surface area contributed by atoms with Crippen molar-refractivity contribution in [3.63, 3.8) is 0 Å². The quantitative estimate of drug-likeness (QED) is 0.0175. The molecule has 2 N–H and O–H groups in total. The van der Waals surface area contributed by atoms with Gasteiger partial charge in [0.25, 0.3) is 0 Å². The second-order valence-electron chi connectivity index (χ2n) is 16.6. The van der Waals surface area contributed by atoms with Crippen molar-refractivity contribution in [3.8, 4) is 23.0 Å². The topological polar surface area (TPSA) is 183 Å². The maximum Gasteiger partial charge on any atom is 1.00 e. The summed E-state index contributed by atoms with van der Waals surface area (Å²) in [6.45, 7) is 5.05. The number of esters is 3. The van der Waals surface area contributed by atoms with Crippen molar-refractivity contribution in [2.24, 2.45) is 0 Å². The van der Waals surface area contributed by atoms with Crippen molar-refractivity contribution in [2.75, 3.05) is 38.4 Å². The molecule has 0 unspecified atom stereocenters. The van der Waals surface area contributed by atoms with Gasteiger partial charge in [0.15, 0.2) is 69.5 Å². The van der Waals surface area contributed by atoms with Gasteiger partial charge in [0.1, 0.15) is 44.7 Å². The van der Waals surface area contributed by atoms with Crippen molar-refractivity contribution in [1.29, 1.82) is 0 Å². The van der Waals surface area contributed by atoms with Crippen LogP contribution in [0.25, 0.3) is 0 Å². The first-order chi connectivity index (χ1) is 40.4. The summed E-state index contributed by atoms with van der Waals surface area (Å²) in [7, 11) is 0. The van der Waals surface area contributed by atoms with Crippen molar-refractivity contribution < 1.29 is 164 Å². The molecule has 26 heteroatoms. The molecular weight excluding hydrogens is 1250 g/mol. The van der Waals surface area contributed by atoms with Gasteiger partial charge < -0.3 is 51.0 Å². The van der Waals surface area contributed by atoms with Crippen LogP contribution in [0.1, 0.15) is 67.4 Å². The van der Waals surface area contributed by atoms with E-state index in [0.717, 1.165) is 65.2 Å². The Balaban J connectivity index is -0.00000106. The van der Waals surface area contributed by atoms with E-state index in [4.69, 9.17) is 33.9 Å². The predicted octanol–water partition coefficient (Wildman–Crippen LogP) is 6.56. The number of rotatable bonds is 23. The molecule has 7 rings (SSSR count). The van der Waals surface area contributed by atoms with Crippen LogP contribution in [0.5, 0.6) is 23.0 Å². The zero-order valence-corrected chi connectivity index (χ0v) is 53.7. The molecule has 0 aliphatic carbocycles. The molecule has 3 radical (unpaired) electrons. The summed E-state index contributed by atoms with van der Waals surface area (Å²) in [4.78, 5) is 42.6. The molecule has 7 aromatic carbocycles. The zero-order valence-electron chi connectivity index (χ0n) is 50.1. The first-order valence-electron chi connectivity index (χ1n) is 25.2. The van der Waals surface area contributed by atoms with Crippen LogP contribution in [-0.2, 0) is 77.7 Å². The number of phenols is 1. The van der Waals surface area contributed by atoms with Crippen LogP contribution in [0.15, 0.2) is 140 Å². The minimum absolute atomic E-state index is 0. The summed E-state index contributed by atoms with van der Waals surface area (Å²) in [6.07, 6.45) is 0.382. The van der Waals surface area contributed by atoms with Crippen LogP contribution in [0.2, 0.25) is 0 Å². The van der Waals surface area contributed by atoms with Crippen molar-refractivity contribution in [3.05, 3.63) is 225 Å². The van der Waals surface area contributed by atoms with E-state index < -0.39 is 88.1 Å². The Hall–Kier alpha value is -6.32. The standard InChI is InChI=1S/C18H18F2O4.C14H12F2O2.C14H10F2O2.C11H12F2O4.C4H7BrO2.B.2Na.2H/c1-2-23-17(21)12-22-10-14-8-15(19)18(16(20)9-14)24-11-13-6-4-3-5-7-13;2*15-12-6-11(8-17)7-13(16)14(12)18-9-10-4-2-1-3-5-10;1-2-17-10(14)6-16-5-7-3-8(12)11(15)9(13)4-7;1-2-7-4(6)3-5;;;;;/h3-9H,2,10-12H2,1H3;1-7,17H,8-9H2;1-8H,9H2;3-4,15H,2,5-6H2,1H3;2-3H2,1H3;;;;;/q;;;;;;2*+1;2*-1. The Labute approximate surface area is 555 Å². The Kier molecular flexibility index (Phi) is 42.6. The van der Waals surface area contributed by atoms with E-state index in [0.29, 0.717) is 18.2 Å². The van der Waals surface area contributed by atoms with Gasteiger partial charge in [0.05, 0.1) is 39.6 Å². The average molecular weight is 1310 g/mol. The third-order valence-electron chi connectivity index (χ3n) is 10.2. The van der Waals surface area contributed by atoms with Gasteiger partial charge in [-0.1, -0.05) is 107 Å². The van der Waals surface area contributed by atoms with Crippen LogP contribution in [0.4, 0.5) is 35.1 Å². The number of aliphatic hydroxyl groups excluding tert-OH is 1. The summed E-state index contributed by atoms with van der Waals surface area (Å²) < 4.78 is 147. The number of hydrogen-bond acceptors (Lipinski definition) is 14. The van der Waals surface area contributed by atoms with Gasteiger partial charge in [0.2, 0.25) is 0 Å². The Bertz CT molecular complexity index is 3070. The number of hydrogen-bond donors (Lipinski definition) is 2. The molecule has 0 amide bonds. The van der Waals surface area contributed by atoms with E-state index in [-0.39, 0.29) is 158 Å². The average Bonchev–Trinajstić information content (AvgIpc) is 3.54. The van der Waals surface area contributed by atoms with Crippen molar-refractivity contribution >= 4 is 48.5 Å². The summed E-state index contributed by atoms with van der Waals surface area (Å²) in [5.41, 5.74) is 2.99. The molecule has 0 aromatic heterocycles. The molecule has 0 saturated heterocycles. The molecule has 0 bridgehead atoms. The van der Waals surface area contributed by atoms with Gasteiger partial charge in [-0.05, 0) is 103 Å². The maximum atomic E-state index is 14.0. The summed E-state index contributed by atoms with van der Waals surface area (Å²) in [5.74, 6) is -10.8. The van der Waals surface area contributed by atoms with E-state index >= 15 is 0 Å². The molecule has 457 valence electrons. The van der Waals surface area contributed by atoms with E-state index in [1.54, 1.807) is 69.3 Å². The number of alkyl halides is 1. The van der Waals surface area contributed by atoms with Crippen LogP contribution < -0.4 is 73.3 Å². The zero-order chi connectivity index (χ0) is 61.8. The number of carbonyl (C=O) groups excluding carboxylic acids is 4. The van der Waals surface area contributed by atoms with Crippen molar-refractivity contribution in [2.45, 2.75) is 60.4 Å². The number of benzene rings is 7. The smallest absolute Gasteiger partial charge is 1.00 e. The predicted molar refractivity (Wildman–Crippen MR) is 302 cm³/mol. The van der Waals surface area contributed by atoms with Gasteiger partial charge >= 0.3 is 77.0 Å². The Morgan fingerprint density at radius 1 is 0.448 bits per heavy atom. The number of ether oxygens (including phenoxy) is 8. The molecule has 0 aliphatic heterocycles. The first-order valence-corrected chi connectivity index (χ1v) is 26.3. The van der Waals surface area contributed by atoms with Gasteiger partial charge in [0, 0.05) is 14.0 Å². The summed E-state index contributed by atoms with van der Waals surface area (Å²) in [5, 5.41) is 18.0. The molecule has 14 nitrogen and oxygen atoms in total. The van der Waals surface area contributed by atoms with Crippen LogP contribution in [-0.4, -0.2) is 81.2 Å². The molecule has 0 heterocycles. The minimum atomic E-state index is -1.07. The van der Waals surface area contributed by atoms with Gasteiger partial charge in [-0.3, -0.25) is 9.59 Å². The van der Waals surface area contributed by atoms with E-state index in [9.17, 15) is 54.3 Å². The largest absolute Gasteiger partial charge is 1.00 e. The molecule has 0 spiro atoms. The van der Waals surface area contributed by atoms with Crippen LogP contribution in [0.3, 0.4) is 0 Å². The number of aromatic hydroxyl groups is 1. The van der Waals surface area contributed by atoms with Crippen LogP contribution >= 0.6 is 15.9 Å². The molecule has 0 fully saturated rings. The fraction of sp³-hybridized carbons (Fsp3) is 0.246. The molecule has 7 aromatic rings. The third kappa shape index (κ3) is 31.4. The van der Waals surface area contributed by atoms with E-state index in [2.05, 4.69) is 30.1 Å². The number of phenolic OH excluding ortho intramolecular Hbond substituents is 1. The molecule has 0 atom stereocenters. The van der Waals surface area contributed by atoms with Gasteiger partial charge in [-0.15, -0.1) is 0 Å². The fourth-order valence-electron chi connectivity index (χ4n) is 6.46. The number of aliphatic hydroxyl groups is 1. The minimum Gasteiger partial charge on any atom is -1.00 e. The summed E-state index contributed by atoms with van der Waals surface area (Å²) >= 11 is 2.94. The number of halogens is 9. The fourth-order valence-corrected chi connectivity index (χ4v) is 6.62. The van der Waals surface area contributed by atoms with Gasteiger partial charge in [-0.2, -0.15) is 0 Å². The SMILES string of the molecule is CCOC(=O)CBr.CCOC(=O)COCc1cc(F)c(O)c(F)c1.CCOC(=O)COCc1cc(F)c(OCc2ccccc2)c(F)c1.O=Cc1cc(F)c(OCc2ccccc2)c(F)c1.OCc1cc(F)c(OCc2ccccc2)c(F)c1.[B].[H-].[H-].[Na+].[Na+]. The van der Waals surface area contributed by atoms with E-state index in [1.807, 2.05) is 42.5 Å². The first kappa shape index (κ1) is 80.7. The summed E-state index contributed by atoms with van der Waals surface area (Å²) in [6, 6.07) is 35.3. The molecule has 87 heavy (non-hydrogen) atoms. The molecular formula is C61H61BBrF8Na2O14. The third-order valence-corrected chi connectivity index (χ3v) is 10.7. The second-order valence-corrected chi connectivity index (χ2v) is 17.2. The van der Waals surface area contributed by atoms with E-state index in [1.165, 1.54) is 0 Å². The Morgan fingerprint density at radius 3 is 1.01 bits per heavy atom. The second kappa shape index (κ2) is 45.9. The number of aldehydes is 1. The normalized spacial score (nSPS) is 9.80. The Morgan fingerprint density at radius 2 is 0.736 bits per heavy atom. The number of carbonyl (C=O) groups is 4. The van der Waals surface area contributed by atoms with Crippen LogP contribution in [0, 0.1) is 46.5 Å². The molecule has 0 saturated carbocycles. The molecule has 0 aliphatic rings. The van der Waals surface area contributed by atoms with Gasteiger partial charge in [-0.25, -0.2) is 44.7 Å². The maximum absolute atomic E-state index is 14.0. The van der Waals surface area contributed by atoms with Crippen molar-refractivity contribution in [1.82, 2.24) is 0 Å². The monoisotopic (exact) mass is 1310 g/mol.